The summed E-state index contributed by atoms with van der Waals surface area (Å²) in [6.45, 7) is 4.17. The SMILES string of the molecule is CC1(CN)CCN(C(=O)c2ccc(Br)cc2Cl)C1. The maximum Gasteiger partial charge on any atom is 0.255 e. The molecular weight excluding hydrogens is 316 g/mol. The Labute approximate surface area is 120 Å². The number of benzene rings is 1. The van der Waals surface area contributed by atoms with Gasteiger partial charge in [-0.05, 0) is 36.6 Å². The molecule has 0 bridgehead atoms. The summed E-state index contributed by atoms with van der Waals surface area (Å²) < 4.78 is 0.872. The lowest BCUT2D eigenvalue weighted by atomic mass is 9.90. The predicted molar refractivity (Wildman–Crippen MR) is 76.8 cm³/mol. The topological polar surface area (TPSA) is 46.3 Å². The van der Waals surface area contributed by atoms with Crippen LogP contribution in [0.25, 0.3) is 0 Å². The maximum atomic E-state index is 12.4. The number of rotatable bonds is 2. The number of likely N-dealkylation sites (tertiary alicyclic amines) is 1. The van der Waals surface area contributed by atoms with Gasteiger partial charge in [-0.25, -0.2) is 0 Å². The van der Waals surface area contributed by atoms with Crippen LogP contribution in [0.3, 0.4) is 0 Å². The van der Waals surface area contributed by atoms with Crippen molar-refractivity contribution in [3.05, 3.63) is 33.3 Å². The van der Waals surface area contributed by atoms with Crippen molar-refractivity contribution in [2.24, 2.45) is 11.1 Å². The molecule has 1 saturated heterocycles. The Morgan fingerprint density at radius 3 is 2.89 bits per heavy atom. The predicted octanol–water partition coefficient (Wildman–Crippen LogP) is 2.91. The maximum absolute atomic E-state index is 12.4. The Kier molecular flexibility index (Phi) is 3.99. The van der Waals surface area contributed by atoms with Gasteiger partial charge >= 0.3 is 0 Å². The number of nitrogens with two attached hydrogens (primary N) is 1. The van der Waals surface area contributed by atoms with Gasteiger partial charge in [-0.2, -0.15) is 0 Å². The highest BCUT2D eigenvalue weighted by atomic mass is 79.9. The summed E-state index contributed by atoms with van der Waals surface area (Å²) >= 11 is 9.44. The van der Waals surface area contributed by atoms with Gasteiger partial charge < -0.3 is 10.6 Å². The van der Waals surface area contributed by atoms with Crippen LogP contribution in [0.5, 0.6) is 0 Å². The van der Waals surface area contributed by atoms with E-state index in [0.717, 1.165) is 17.4 Å². The molecule has 0 aromatic heterocycles. The van der Waals surface area contributed by atoms with E-state index in [9.17, 15) is 4.79 Å². The third-order valence-electron chi connectivity index (χ3n) is 3.50. The third kappa shape index (κ3) is 2.71. The van der Waals surface area contributed by atoms with Crippen molar-refractivity contribution >= 4 is 33.4 Å². The van der Waals surface area contributed by atoms with Gasteiger partial charge in [-0.1, -0.05) is 34.5 Å². The number of hydrogen-bond donors (Lipinski definition) is 1. The first-order chi connectivity index (χ1) is 8.45. The van der Waals surface area contributed by atoms with E-state index >= 15 is 0 Å². The van der Waals surface area contributed by atoms with Crippen molar-refractivity contribution in [1.82, 2.24) is 4.90 Å². The Bertz CT molecular complexity index is 480. The molecule has 0 spiro atoms. The quantitative estimate of drug-likeness (QED) is 0.905. The molecule has 1 aromatic carbocycles. The van der Waals surface area contributed by atoms with Crippen molar-refractivity contribution in [2.45, 2.75) is 13.3 Å². The Morgan fingerprint density at radius 1 is 1.61 bits per heavy atom. The van der Waals surface area contributed by atoms with Crippen LogP contribution in [0, 0.1) is 5.41 Å². The Balaban J connectivity index is 2.18. The fourth-order valence-corrected chi connectivity index (χ4v) is 2.95. The van der Waals surface area contributed by atoms with Crippen LogP contribution < -0.4 is 5.73 Å². The zero-order valence-electron chi connectivity index (χ0n) is 10.2. The smallest absolute Gasteiger partial charge is 0.255 e. The van der Waals surface area contributed by atoms with E-state index in [-0.39, 0.29) is 11.3 Å². The largest absolute Gasteiger partial charge is 0.338 e. The summed E-state index contributed by atoms with van der Waals surface area (Å²) in [6, 6.07) is 5.33. The number of halogens is 2. The number of hydrogen-bond acceptors (Lipinski definition) is 2. The molecule has 1 fully saturated rings. The highest BCUT2D eigenvalue weighted by Gasteiger charge is 2.35. The van der Waals surface area contributed by atoms with E-state index in [1.165, 1.54) is 0 Å². The van der Waals surface area contributed by atoms with Crippen molar-refractivity contribution in [3.63, 3.8) is 0 Å². The van der Waals surface area contributed by atoms with Crippen LogP contribution in [-0.2, 0) is 0 Å². The second kappa shape index (κ2) is 5.19. The van der Waals surface area contributed by atoms with E-state index < -0.39 is 0 Å². The summed E-state index contributed by atoms with van der Waals surface area (Å²) in [5, 5.41) is 0.482. The molecule has 1 amide bonds. The second-order valence-electron chi connectivity index (χ2n) is 5.12. The minimum absolute atomic E-state index is 0.00956. The van der Waals surface area contributed by atoms with Gasteiger partial charge in [-0.15, -0.1) is 0 Å². The second-order valence-corrected chi connectivity index (χ2v) is 6.44. The van der Waals surface area contributed by atoms with Gasteiger partial charge in [0.25, 0.3) is 5.91 Å². The Morgan fingerprint density at radius 2 is 2.33 bits per heavy atom. The normalized spacial score (nSPS) is 23.4. The van der Waals surface area contributed by atoms with E-state index in [1.54, 1.807) is 12.1 Å². The molecule has 0 saturated carbocycles. The number of nitrogens with zero attached hydrogens (tertiary/aromatic N) is 1. The minimum Gasteiger partial charge on any atom is -0.338 e. The summed E-state index contributed by atoms with van der Waals surface area (Å²) in [5.74, 6) is -0.00956. The first-order valence-electron chi connectivity index (χ1n) is 5.90. The van der Waals surface area contributed by atoms with Gasteiger partial charge in [0, 0.05) is 17.6 Å². The zero-order valence-corrected chi connectivity index (χ0v) is 12.6. The van der Waals surface area contributed by atoms with Crippen LogP contribution in [-0.4, -0.2) is 30.4 Å². The molecule has 18 heavy (non-hydrogen) atoms. The van der Waals surface area contributed by atoms with E-state index in [4.69, 9.17) is 17.3 Å². The average molecular weight is 332 g/mol. The molecule has 98 valence electrons. The van der Waals surface area contributed by atoms with Gasteiger partial charge in [-0.3, -0.25) is 4.79 Å². The summed E-state index contributed by atoms with van der Waals surface area (Å²) in [6.07, 6.45) is 0.948. The zero-order chi connectivity index (χ0) is 13.3. The molecule has 0 radical (unpaired) electrons. The lowest BCUT2D eigenvalue weighted by molar-refractivity contribution is 0.0777. The van der Waals surface area contributed by atoms with Gasteiger partial charge in [0.05, 0.1) is 10.6 Å². The molecule has 1 aromatic rings. The van der Waals surface area contributed by atoms with Crippen molar-refractivity contribution in [2.75, 3.05) is 19.6 Å². The molecule has 1 aliphatic heterocycles. The molecule has 3 nitrogen and oxygen atoms in total. The average Bonchev–Trinajstić information content (AvgIpc) is 2.72. The van der Waals surface area contributed by atoms with Crippen molar-refractivity contribution in [3.8, 4) is 0 Å². The highest BCUT2D eigenvalue weighted by molar-refractivity contribution is 9.10. The fraction of sp³-hybridized carbons (Fsp3) is 0.462. The van der Waals surface area contributed by atoms with Crippen molar-refractivity contribution in [1.29, 1.82) is 0 Å². The van der Waals surface area contributed by atoms with Crippen molar-refractivity contribution < 1.29 is 4.79 Å². The third-order valence-corrected chi connectivity index (χ3v) is 4.31. The van der Waals surface area contributed by atoms with Gasteiger partial charge in [0.15, 0.2) is 0 Å². The monoisotopic (exact) mass is 330 g/mol. The number of carbonyl (C=O) groups excluding carboxylic acids is 1. The Hall–Kier alpha value is -0.580. The first kappa shape index (κ1) is 13.8. The molecular formula is C13H16BrClN2O. The number of carbonyl (C=O) groups is 1. The van der Waals surface area contributed by atoms with Crippen LogP contribution in [0.4, 0.5) is 0 Å². The van der Waals surface area contributed by atoms with E-state index in [1.807, 2.05) is 11.0 Å². The van der Waals surface area contributed by atoms with Gasteiger partial charge in [0.2, 0.25) is 0 Å². The van der Waals surface area contributed by atoms with Crippen LogP contribution in [0.15, 0.2) is 22.7 Å². The van der Waals surface area contributed by atoms with E-state index in [2.05, 4.69) is 22.9 Å². The molecule has 2 N–H and O–H groups in total. The highest BCUT2D eigenvalue weighted by Crippen LogP contribution is 2.31. The lowest BCUT2D eigenvalue weighted by Crippen LogP contribution is -2.34. The van der Waals surface area contributed by atoms with Crippen LogP contribution in [0.2, 0.25) is 5.02 Å². The molecule has 1 aliphatic rings. The standard InChI is InChI=1S/C13H16BrClN2O/c1-13(7-16)4-5-17(8-13)12(18)10-3-2-9(14)6-11(10)15/h2-3,6H,4-5,7-8,16H2,1H3. The molecule has 1 heterocycles. The molecule has 5 heteroatoms. The summed E-state index contributed by atoms with van der Waals surface area (Å²) in [5.41, 5.74) is 6.34. The fourth-order valence-electron chi connectivity index (χ4n) is 2.20. The number of amides is 1. The molecule has 0 aliphatic carbocycles. The van der Waals surface area contributed by atoms with Crippen LogP contribution in [0.1, 0.15) is 23.7 Å². The molecule has 2 rings (SSSR count). The lowest BCUT2D eigenvalue weighted by Gasteiger charge is -2.22. The van der Waals surface area contributed by atoms with E-state index in [0.29, 0.717) is 23.7 Å². The van der Waals surface area contributed by atoms with Crippen LogP contribution >= 0.6 is 27.5 Å². The molecule has 1 atom stereocenters. The minimum atomic E-state index is -0.00956. The first-order valence-corrected chi connectivity index (χ1v) is 7.07. The van der Waals surface area contributed by atoms with Gasteiger partial charge in [0.1, 0.15) is 0 Å². The summed E-state index contributed by atoms with van der Waals surface area (Å²) in [4.78, 5) is 14.2. The summed E-state index contributed by atoms with van der Waals surface area (Å²) in [7, 11) is 0. The molecule has 1 unspecified atom stereocenters.